The SMILES string of the molecule is COC(=O)C1CCCCN1S(=O)(=O)c1ccc(N)c(C)c1. The number of benzene rings is 1. The van der Waals surface area contributed by atoms with Crippen LogP contribution in [0.4, 0.5) is 5.69 Å². The highest BCUT2D eigenvalue weighted by molar-refractivity contribution is 7.89. The first-order valence-electron chi connectivity index (χ1n) is 6.83. The van der Waals surface area contributed by atoms with Crippen LogP contribution in [-0.2, 0) is 19.6 Å². The molecule has 0 aromatic heterocycles. The third-order valence-electron chi connectivity index (χ3n) is 3.77. The van der Waals surface area contributed by atoms with Crippen molar-refractivity contribution in [3.05, 3.63) is 23.8 Å². The summed E-state index contributed by atoms with van der Waals surface area (Å²) >= 11 is 0. The van der Waals surface area contributed by atoms with Crippen molar-refractivity contribution in [3.8, 4) is 0 Å². The molecule has 7 heteroatoms. The summed E-state index contributed by atoms with van der Waals surface area (Å²) in [7, 11) is -2.46. The van der Waals surface area contributed by atoms with Crippen molar-refractivity contribution >= 4 is 21.7 Å². The van der Waals surface area contributed by atoms with Crippen molar-refractivity contribution in [2.24, 2.45) is 0 Å². The molecule has 1 aliphatic rings. The van der Waals surface area contributed by atoms with Crippen LogP contribution in [0.25, 0.3) is 0 Å². The second-order valence-electron chi connectivity index (χ2n) is 5.17. The third kappa shape index (κ3) is 3.03. The van der Waals surface area contributed by atoms with Crippen LogP contribution in [0.2, 0.25) is 0 Å². The number of sulfonamides is 1. The monoisotopic (exact) mass is 312 g/mol. The van der Waals surface area contributed by atoms with E-state index in [1.807, 2.05) is 0 Å². The Labute approximate surface area is 124 Å². The van der Waals surface area contributed by atoms with E-state index in [2.05, 4.69) is 0 Å². The second kappa shape index (κ2) is 6.03. The van der Waals surface area contributed by atoms with Gasteiger partial charge in [-0.15, -0.1) is 0 Å². The van der Waals surface area contributed by atoms with Gasteiger partial charge in [0.15, 0.2) is 0 Å². The van der Waals surface area contributed by atoms with Crippen LogP contribution in [0.3, 0.4) is 0 Å². The number of methoxy groups -OCH3 is 1. The Morgan fingerprint density at radius 2 is 2.10 bits per heavy atom. The van der Waals surface area contributed by atoms with E-state index in [0.29, 0.717) is 24.2 Å². The van der Waals surface area contributed by atoms with Gasteiger partial charge in [-0.3, -0.25) is 4.79 Å². The molecule has 1 saturated heterocycles. The summed E-state index contributed by atoms with van der Waals surface area (Å²) in [4.78, 5) is 12.0. The van der Waals surface area contributed by atoms with E-state index >= 15 is 0 Å². The summed E-state index contributed by atoms with van der Waals surface area (Å²) in [5, 5.41) is 0. The van der Waals surface area contributed by atoms with Gasteiger partial charge in [0.05, 0.1) is 12.0 Å². The highest BCUT2D eigenvalue weighted by atomic mass is 32.2. The lowest BCUT2D eigenvalue weighted by molar-refractivity contribution is -0.146. The largest absolute Gasteiger partial charge is 0.468 e. The number of aryl methyl sites for hydroxylation is 1. The van der Waals surface area contributed by atoms with Crippen molar-refractivity contribution in [3.63, 3.8) is 0 Å². The molecule has 1 atom stereocenters. The predicted molar refractivity (Wildman–Crippen MR) is 79.1 cm³/mol. The van der Waals surface area contributed by atoms with E-state index in [1.54, 1.807) is 13.0 Å². The maximum Gasteiger partial charge on any atom is 0.324 e. The summed E-state index contributed by atoms with van der Waals surface area (Å²) in [6.07, 6.45) is 2.03. The number of rotatable bonds is 3. The number of carbonyl (C=O) groups is 1. The first-order chi connectivity index (χ1) is 9.87. The molecule has 1 heterocycles. The van der Waals surface area contributed by atoms with Crippen molar-refractivity contribution in [1.82, 2.24) is 4.31 Å². The number of esters is 1. The normalized spacial score (nSPS) is 20.2. The van der Waals surface area contributed by atoms with Gasteiger partial charge in [0.2, 0.25) is 10.0 Å². The molecule has 0 aliphatic carbocycles. The van der Waals surface area contributed by atoms with E-state index in [0.717, 1.165) is 12.8 Å². The van der Waals surface area contributed by atoms with E-state index in [-0.39, 0.29) is 4.90 Å². The fourth-order valence-corrected chi connectivity index (χ4v) is 4.24. The number of nitrogen functional groups attached to an aromatic ring is 1. The molecule has 1 unspecified atom stereocenters. The minimum absolute atomic E-state index is 0.157. The topological polar surface area (TPSA) is 89.7 Å². The Balaban J connectivity index is 2.40. The van der Waals surface area contributed by atoms with Gasteiger partial charge in [0.1, 0.15) is 6.04 Å². The Bertz CT molecular complexity index is 642. The molecular formula is C14H20N2O4S. The Kier molecular flexibility index (Phi) is 4.53. The minimum atomic E-state index is -3.73. The highest BCUT2D eigenvalue weighted by Gasteiger charge is 2.38. The highest BCUT2D eigenvalue weighted by Crippen LogP contribution is 2.27. The number of anilines is 1. The number of carbonyl (C=O) groups excluding carboxylic acids is 1. The maximum atomic E-state index is 12.8. The molecule has 1 aromatic rings. The van der Waals surface area contributed by atoms with Crippen molar-refractivity contribution in [1.29, 1.82) is 0 Å². The fourth-order valence-electron chi connectivity index (χ4n) is 2.51. The zero-order valence-electron chi connectivity index (χ0n) is 12.2. The van der Waals surface area contributed by atoms with E-state index in [4.69, 9.17) is 10.5 Å². The summed E-state index contributed by atoms with van der Waals surface area (Å²) in [5.41, 5.74) is 6.96. The smallest absolute Gasteiger partial charge is 0.324 e. The molecule has 21 heavy (non-hydrogen) atoms. The van der Waals surface area contributed by atoms with Crippen LogP contribution in [0.5, 0.6) is 0 Å². The average molecular weight is 312 g/mol. The lowest BCUT2D eigenvalue weighted by Crippen LogP contribution is -2.48. The predicted octanol–water partition coefficient (Wildman–Crippen LogP) is 1.29. The lowest BCUT2D eigenvalue weighted by atomic mass is 10.1. The van der Waals surface area contributed by atoms with Gasteiger partial charge in [-0.05, 0) is 49.9 Å². The molecule has 6 nitrogen and oxygen atoms in total. The van der Waals surface area contributed by atoms with Gasteiger partial charge in [-0.1, -0.05) is 0 Å². The Morgan fingerprint density at radius 1 is 1.38 bits per heavy atom. The van der Waals surface area contributed by atoms with Gasteiger partial charge < -0.3 is 10.5 Å². The van der Waals surface area contributed by atoms with Crippen molar-refractivity contribution in [2.45, 2.75) is 37.1 Å². The van der Waals surface area contributed by atoms with Crippen LogP contribution in [0.15, 0.2) is 23.1 Å². The van der Waals surface area contributed by atoms with Gasteiger partial charge in [0, 0.05) is 12.2 Å². The molecule has 0 spiro atoms. The van der Waals surface area contributed by atoms with E-state index < -0.39 is 22.0 Å². The molecule has 2 N–H and O–H groups in total. The van der Waals surface area contributed by atoms with E-state index in [1.165, 1.54) is 23.5 Å². The van der Waals surface area contributed by atoms with Crippen molar-refractivity contribution < 1.29 is 17.9 Å². The van der Waals surface area contributed by atoms with Gasteiger partial charge >= 0.3 is 5.97 Å². The Hall–Kier alpha value is -1.60. The van der Waals surface area contributed by atoms with Gasteiger partial charge in [-0.2, -0.15) is 4.31 Å². The van der Waals surface area contributed by atoms with Crippen LogP contribution >= 0.6 is 0 Å². The first-order valence-corrected chi connectivity index (χ1v) is 8.27. The van der Waals surface area contributed by atoms with Gasteiger partial charge in [0.25, 0.3) is 0 Å². The molecule has 0 bridgehead atoms. The number of nitrogens with zero attached hydrogens (tertiary/aromatic N) is 1. The molecular weight excluding hydrogens is 292 g/mol. The van der Waals surface area contributed by atoms with Crippen LogP contribution in [-0.4, -0.2) is 38.4 Å². The number of hydrogen-bond acceptors (Lipinski definition) is 5. The number of ether oxygens (including phenoxy) is 1. The molecule has 0 saturated carbocycles. The van der Waals surface area contributed by atoms with Gasteiger partial charge in [-0.25, -0.2) is 8.42 Å². The van der Waals surface area contributed by atoms with Crippen LogP contribution in [0, 0.1) is 6.92 Å². The van der Waals surface area contributed by atoms with Crippen LogP contribution in [0.1, 0.15) is 24.8 Å². The Morgan fingerprint density at radius 3 is 2.71 bits per heavy atom. The second-order valence-corrected chi connectivity index (χ2v) is 7.06. The quantitative estimate of drug-likeness (QED) is 0.671. The average Bonchev–Trinajstić information content (AvgIpc) is 2.49. The molecule has 1 aromatic carbocycles. The fraction of sp³-hybridized carbons (Fsp3) is 0.500. The standard InChI is InChI=1S/C14H20N2O4S/c1-10-9-11(6-7-12(10)15)21(18,19)16-8-4-3-5-13(16)14(17)20-2/h6-7,9,13H,3-5,8,15H2,1-2H3. The number of nitrogens with two attached hydrogens (primary N) is 1. The summed E-state index contributed by atoms with van der Waals surface area (Å²) in [6, 6.07) is 3.83. The first kappa shape index (κ1) is 15.8. The molecule has 1 aliphatic heterocycles. The number of hydrogen-bond donors (Lipinski definition) is 1. The van der Waals surface area contributed by atoms with Crippen molar-refractivity contribution in [2.75, 3.05) is 19.4 Å². The zero-order chi connectivity index (χ0) is 15.6. The minimum Gasteiger partial charge on any atom is -0.468 e. The number of piperidine rings is 1. The molecule has 116 valence electrons. The van der Waals surface area contributed by atoms with E-state index in [9.17, 15) is 13.2 Å². The summed E-state index contributed by atoms with van der Waals surface area (Å²) in [5.74, 6) is -0.509. The molecule has 1 fully saturated rings. The third-order valence-corrected chi connectivity index (χ3v) is 5.68. The summed E-state index contributed by atoms with van der Waals surface area (Å²) in [6.45, 7) is 2.08. The molecule has 0 radical (unpaired) electrons. The summed E-state index contributed by atoms with van der Waals surface area (Å²) < 4.78 is 31.5. The lowest BCUT2D eigenvalue weighted by Gasteiger charge is -2.32. The maximum absolute atomic E-state index is 12.8. The molecule has 2 rings (SSSR count). The van der Waals surface area contributed by atoms with Crippen LogP contribution < -0.4 is 5.73 Å². The zero-order valence-corrected chi connectivity index (χ0v) is 13.0. The molecule has 0 amide bonds.